The number of carbonyl (C=O) groups is 2. The first-order valence-corrected chi connectivity index (χ1v) is 9.81. The summed E-state index contributed by atoms with van der Waals surface area (Å²) < 4.78 is 18.3. The molecule has 2 N–H and O–H groups in total. The molecule has 0 bridgehead atoms. The van der Waals surface area contributed by atoms with Gasteiger partial charge < -0.3 is 15.0 Å². The SMILES string of the molecule is CN(Cc1csc(NC(=O)NCc2ccc(F)s2)n1)C(=O)[C@H]1CCCO1. The van der Waals surface area contributed by atoms with Gasteiger partial charge in [-0.05, 0) is 25.0 Å². The van der Waals surface area contributed by atoms with Crippen LogP contribution in [0, 0.1) is 5.13 Å². The van der Waals surface area contributed by atoms with E-state index >= 15 is 0 Å². The average Bonchev–Trinajstić information content (AvgIpc) is 3.35. The van der Waals surface area contributed by atoms with Crippen LogP contribution >= 0.6 is 22.7 Å². The predicted octanol–water partition coefficient (Wildman–Crippen LogP) is 2.80. The highest BCUT2D eigenvalue weighted by atomic mass is 32.1. The van der Waals surface area contributed by atoms with Crippen LogP contribution in [0.1, 0.15) is 23.4 Å². The lowest BCUT2D eigenvalue weighted by molar-refractivity contribution is -0.140. The lowest BCUT2D eigenvalue weighted by Gasteiger charge is -2.19. The number of nitrogens with one attached hydrogen (secondary N) is 2. The molecule has 3 amide bonds. The number of rotatable bonds is 6. The normalized spacial score (nSPS) is 16.5. The molecule has 0 aliphatic carbocycles. The van der Waals surface area contributed by atoms with Crippen molar-refractivity contribution < 1.29 is 18.7 Å². The summed E-state index contributed by atoms with van der Waals surface area (Å²) in [5.74, 6) is -0.0501. The first-order chi connectivity index (χ1) is 12.5. The van der Waals surface area contributed by atoms with E-state index in [4.69, 9.17) is 4.74 Å². The lowest BCUT2D eigenvalue weighted by Crippen LogP contribution is -2.35. The van der Waals surface area contributed by atoms with Gasteiger partial charge in [-0.1, -0.05) is 0 Å². The second kappa shape index (κ2) is 8.56. The Labute approximate surface area is 158 Å². The Balaban J connectivity index is 1.46. The van der Waals surface area contributed by atoms with Crippen LogP contribution < -0.4 is 10.6 Å². The van der Waals surface area contributed by atoms with E-state index in [-0.39, 0.29) is 23.7 Å². The molecule has 1 saturated heterocycles. The fourth-order valence-electron chi connectivity index (χ4n) is 2.53. The minimum Gasteiger partial charge on any atom is -0.368 e. The van der Waals surface area contributed by atoms with Gasteiger partial charge in [0.2, 0.25) is 0 Å². The number of thiophene rings is 1. The molecule has 0 unspecified atom stereocenters. The maximum Gasteiger partial charge on any atom is 0.321 e. The van der Waals surface area contributed by atoms with Crippen molar-refractivity contribution >= 4 is 39.7 Å². The number of halogens is 1. The number of urea groups is 1. The standard InChI is InChI=1S/C16H19FN4O3S2/c1-21(14(22)12-3-2-6-24-12)8-10-9-25-16(19-10)20-15(23)18-7-11-4-5-13(17)26-11/h4-5,9,12H,2-3,6-8H2,1H3,(H2,18,19,20,23)/t12-/m1/s1. The molecule has 0 radical (unpaired) electrons. The highest BCUT2D eigenvalue weighted by Gasteiger charge is 2.26. The quantitative estimate of drug-likeness (QED) is 0.784. The number of nitrogens with zero attached hydrogens (tertiary/aromatic N) is 2. The predicted molar refractivity (Wildman–Crippen MR) is 97.7 cm³/mol. The number of carbonyl (C=O) groups excluding carboxylic acids is 2. The minimum atomic E-state index is -0.413. The largest absolute Gasteiger partial charge is 0.368 e. The summed E-state index contributed by atoms with van der Waals surface area (Å²) in [5, 5.41) is 7.23. The van der Waals surface area contributed by atoms with Gasteiger partial charge in [0, 0.05) is 23.9 Å². The van der Waals surface area contributed by atoms with Gasteiger partial charge in [-0.25, -0.2) is 9.78 Å². The van der Waals surface area contributed by atoms with Crippen molar-refractivity contribution in [2.45, 2.75) is 32.0 Å². The van der Waals surface area contributed by atoms with Crippen molar-refractivity contribution in [2.75, 3.05) is 19.0 Å². The molecule has 1 atom stereocenters. The van der Waals surface area contributed by atoms with E-state index in [9.17, 15) is 14.0 Å². The highest BCUT2D eigenvalue weighted by Crippen LogP contribution is 2.19. The first-order valence-electron chi connectivity index (χ1n) is 8.11. The summed E-state index contributed by atoms with van der Waals surface area (Å²) in [6, 6.07) is 2.58. The van der Waals surface area contributed by atoms with Crippen molar-refractivity contribution in [1.82, 2.24) is 15.2 Å². The average molecular weight is 398 g/mol. The van der Waals surface area contributed by atoms with E-state index < -0.39 is 6.03 Å². The van der Waals surface area contributed by atoms with E-state index in [1.54, 1.807) is 23.4 Å². The monoisotopic (exact) mass is 398 g/mol. The summed E-state index contributed by atoms with van der Waals surface area (Å²) in [6.07, 6.45) is 1.30. The summed E-state index contributed by atoms with van der Waals surface area (Å²) in [4.78, 5) is 30.7. The van der Waals surface area contributed by atoms with Crippen molar-refractivity contribution in [2.24, 2.45) is 0 Å². The highest BCUT2D eigenvalue weighted by molar-refractivity contribution is 7.14. The summed E-state index contributed by atoms with van der Waals surface area (Å²) >= 11 is 2.27. The Hall–Kier alpha value is -2.04. The number of aromatic nitrogens is 1. The molecule has 10 heteroatoms. The molecular formula is C16H19FN4O3S2. The molecule has 3 heterocycles. The smallest absolute Gasteiger partial charge is 0.321 e. The van der Waals surface area contributed by atoms with Gasteiger partial charge in [-0.3, -0.25) is 10.1 Å². The zero-order valence-corrected chi connectivity index (χ0v) is 15.8. The molecule has 0 saturated carbocycles. The number of thiazole rings is 1. The Morgan fingerprint density at radius 3 is 3.00 bits per heavy atom. The maximum atomic E-state index is 12.9. The fraction of sp³-hybridized carbons (Fsp3) is 0.438. The van der Waals surface area contributed by atoms with Gasteiger partial charge in [0.1, 0.15) is 6.10 Å². The summed E-state index contributed by atoms with van der Waals surface area (Å²) in [6.45, 7) is 1.23. The lowest BCUT2D eigenvalue weighted by atomic mass is 10.2. The Morgan fingerprint density at radius 2 is 2.31 bits per heavy atom. The number of ether oxygens (including phenoxy) is 1. The van der Waals surface area contributed by atoms with Gasteiger partial charge >= 0.3 is 6.03 Å². The fourth-order valence-corrected chi connectivity index (χ4v) is 3.90. The third kappa shape index (κ3) is 4.99. The third-order valence-corrected chi connectivity index (χ3v) is 5.48. The van der Waals surface area contributed by atoms with Crippen LogP contribution in [0.2, 0.25) is 0 Å². The molecule has 2 aromatic rings. The maximum absolute atomic E-state index is 12.9. The minimum absolute atomic E-state index is 0.0501. The van der Waals surface area contributed by atoms with Crippen molar-refractivity contribution in [1.29, 1.82) is 0 Å². The zero-order valence-electron chi connectivity index (χ0n) is 14.2. The Morgan fingerprint density at radius 1 is 1.46 bits per heavy atom. The molecule has 140 valence electrons. The Bertz CT molecular complexity index is 773. The molecule has 0 spiro atoms. The van der Waals surface area contributed by atoms with Gasteiger partial charge in [0.05, 0.1) is 18.8 Å². The molecule has 26 heavy (non-hydrogen) atoms. The number of anilines is 1. The third-order valence-electron chi connectivity index (χ3n) is 3.80. The van der Waals surface area contributed by atoms with Crippen LogP contribution in [0.15, 0.2) is 17.5 Å². The topological polar surface area (TPSA) is 83.6 Å². The number of hydrogen-bond donors (Lipinski definition) is 2. The second-order valence-corrected chi connectivity index (χ2v) is 7.83. The molecule has 0 aromatic carbocycles. The van der Waals surface area contributed by atoms with E-state index in [2.05, 4.69) is 15.6 Å². The molecule has 1 aliphatic heterocycles. The summed E-state index contributed by atoms with van der Waals surface area (Å²) in [7, 11) is 1.71. The zero-order chi connectivity index (χ0) is 18.5. The van der Waals surface area contributed by atoms with Crippen LogP contribution in [0.5, 0.6) is 0 Å². The van der Waals surface area contributed by atoms with Crippen LogP contribution in [0.25, 0.3) is 0 Å². The van der Waals surface area contributed by atoms with Crippen LogP contribution in [-0.4, -0.2) is 41.6 Å². The number of likely N-dealkylation sites (N-methyl/N-ethyl adjacent to an activating group) is 1. The molecule has 2 aromatic heterocycles. The van der Waals surface area contributed by atoms with E-state index in [0.717, 1.165) is 29.1 Å². The van der Waals surface area contributed by atoms with Gasteiger partial charge in [0.15, 0.2) is 10.3 Å². The van der Waals surface area contributed by atoms with Crippen LogP contribution in [0.3, 0.4) is 0 Å². The van der Waals surface area contributed by atoms with Crippen molar-refractivity contribution in [3.05, 3.63) is 33.2 Å². The molecule has 1 fully saturated rings. The van der Waals surface area contributed by atoms with Crippen LogP contribution in [0.4, 0.5) is 14.3 Å². The number of amides is 3. The number of hydrogen-bond acceptors (Lipinski definition) is 6. The molecule has 3 rings (SSSR count). The van der Waals surface area contributed by atoms with Gasteiger partial charge in [-0.2, -0.15) is 4.39 Å². The van der Waals surface area contributed by atoms with Gasteiger partial charge in [-0.15, -0.1) is 22.7 Å². The van der Waals surface area contributed by atoms with E-state index in [0.29, 0.717) is 24.0 Å². The molecule has 1 aliphatic rings. The molecular weight excluding hydrogens is 379 g/mol. The van der Waals surface area contributed by atoms with E-state index in [1.165, 1.54) is 17.4 Å². The van der Waals surface area contributed by atoms with Crippen molar-refractivity contribution in [3.63, 3.8) is 0 Å². The van der Waals surface area contributed by atoms with Gasteiger partial charge in [0.25, 0.3) is 5.91 Å². The van der Waals surface area contributed by atoms with Crippen molar-refractivity contribution in [3.8, 4) is 0 Å². The second-order valence-electron chi connectivity index (χ2n) is 5.85. The molecule has 7 nitrogen and oxygen atoms in total. The Kier molecular flexibility index (Phi) is 6.17. The van der Waals surface area contributed by atoms with Crippen LogP contribution in [-0.2, 0) is 22.6 Å². The summed E-state index contributed by atoms with van der Waals surface area (Å²) in [5.41, 5.74) is 0.694. The van der Waals surface area contributed by atoms with E-state index in [1.807, 2.05) is 0 Å². The first kappa shape index (κ1) is 18.7.